The van der Waals surface area contributed by atoms with Gasteiger partial charge in [-0.1, -0.05) is 24.3 Å². The number of hydrogen-bond donors (Lipinski definition) is 1. The van der Waals surface area contributed by atoms with Crippen LogP contribution in [-0.2, 0) is 16.0 Å². The number of aryl methyl sites for hydroxylation is 2. The molecule has 0 radical (unpaired) electrons. The van der Waals surface area contributed by atoms with E-state index in [4.69, 9.17) is 0 Å². The predicted octanol–water partition coefficient (Wildman–Crippen LogP) is 3.16. The van der Waals surface area contributed by atoms with Crippen LogP contribution in [0.15, 0.2) is 42.5 Å². The third-order valence-corrected chi connectivity index (χ3v) is 5.51. The summed E-state index contributed by atoms with van der Waals surface area (Å²) < 4.78 is 13.0. The smallest absolute Gasteiger partial charge is 0.238 e. The average molecular weight is 397 g/mol. The molecule has 0 bridgehead atoms. The van der Waals surface area contributed by atoms with Crippen LogP contribution in [0.2, 0.25) is 0 Å². The summed E-state index contributed by atoms with van der Waals surface area (Å²) in [6.45, 7) is 6.96. The van der Waals surface area contributed by atoms with Crippen LogP contribution in [0.5, 0.6) is 0 Å². The Morgan fingerprint density at radius 1 is 1.00 bits per heavy atom. The lowest BCUT2D eigenvalue weighted by Crippen LogP contribution is -2.50. The van der Waals surface area contributed by atoms with Crippen molar-refractivity contribution in [1.29, 1.82) is 0 Å². The molecule has 1 aliphatic rings. The molecule has 1 N–H and O–H groups in total. The van der Waals surface area contributed by atoms with Crippen molar-refractivity contribution in [3.8, 4) is 0 Å². The fourth-order valence-electron chi connectivity index (χ4n) is 3.50. The number of carbonyl (C=O) groups excluding carboxylic acids is 2. The Morgan fingerprint density at radius 3 is 2.38 bits per heavy atom. The van der Waals surface area contributed by atoms with Crippen LogP contribution in [0.1, 0.15) is 23.1 Å². The molecule has 2 aromatic carbocycles. The second-order valence-corrected chi connectivity index (χ2v) is 7.58. The molecule has 2 amide bonds. The first-order chi connectivity index (χ1) is 13.9. The molecule has 0 unspecified atom stereocenters. The van der Waals surface area contributed by atoms with Crippen LogP contribution in [0, 0.1) is 19.7 Å². The minimum atomic E-state index is -0.266. The van der Waals surface area contributed by atoms with E-state index in [0.29, 0.717) is 45.6 Å². The third kappa shape index (κ3) is 5.87. The molecule has 1 aliphatic heterocycles. The van der Waals surface area contributed by atoms with Crippen molar-refractivity contribution in [1.82, 2.24) is 9.80 Å². The SMILES string of the molecule is Cc1cccc(NC(=O)CN2CCN(C(=O)CCc3ccc(F)cc3)CC2)c1C. The molecule has 1 fully saturated rings. The zero-order chi connectivity index (χ0) is 20.8. The van der Waals surface area contributed by atoms with Gasteiger partial charge in [0.25, 0.3) is 0 Å². The van der Waals surface area contributed by atoms with Crippen molar-refractivity contribution >= 4 is 17.5 Å². The van der Waals surface area contributed by atoms with Crippen LogP contribution in [0.4, 0.5) is 10.1 Å². The number of amides is 2. The van der Waals surface area contributed by atoms with Crippen molar-refractivity contribution in [3.63, 3.8) is 0 Å². The molecule has 6 heteroatoms. The molecular formula is C23H28FN3O2. The van der Waals surface area contributed by atoms with E-state index in [2.05, 4.69) is 10.2 Å². The first-order valence-corrected chi connectivity index (χ1v) is 10.0. The summed E-state index contributed by atoms with van der Waals surface area (Å²) in [4.78, 5) is 28.7. The topological polar surface area (TPSA) is 52.7 Å². The van der Waals surface area contributed by atoms with E-state index < -0.39 is 0 Å². The number of nitrogens with one attached hydrogen (secondary N) is 1. The van der Waals surface area contributed by atoms with Gasteiger partial charge in [0.2, 0.25) is 11.8 Å². The molecule has 1 saturated heterocycles. The van der Waals surface area contributed by atoms with Gasteiger partial charge in [-0.2, -0.15) is 0 Å². The number of piperazine rings is 1. The lowest BCUT2D eigenvalue weighted by molar-refractivity contribution is -0.133. The largest absolute Gasteiger partial charge is 0.340 e. The number of anilines is 1. The molecule has 0 atom stereocenters. The standard InChI is InChI=1S/C23H28FN3O2/c1-17-4-3-5-21(18(17)2)25-22(28)16-26-12-14-27(15-13-26)23(29)11-8-19-6-9-20(24)10-7-19/h3-7,9-10H,8,11-16H2,1-2H3,(H,25,28). The normalized spacial score (nSPS) is 14.7. The van der Waals surface area contributed by atoms with Gasteiger partial charge < -0.3 is 10.2 Å². The lowest BCUT2D eigenvalue weighted by Gasteiger charge is -2.34. The number of nitrogens with zero attached hydrogens (tertiary/aromatic N) is 2. The van der Waals surface area contributed by atoms with E-state index in [-0.39, 0.29) is 17.6 Å². The zero-order valence-corrected chi connectivity index (χ0v) is 17.1. The Morgan fingerprint density at radius 2 is 1.69 bits per heavy atom. The summed E-state index contributed by atoms with van der Waals surface area (Å²) in [5.74, 6) is -0.193. The molecule has 29 heavy (non-hydrogen) atoms. The van der Waals surface area contributed by atoms with Crippen LogP contribution >= 0.6 is 0 Å². The molecule has 0 spiro atoms. The van der Waals surface area contributed by atoms with Gasteiger partial charge in [0.05, 0.1) is 6.54 Å². The van der Waals surface area contributed by atoms with E-state index >= 15 is 0 Å². The van der Waals surface area contributed by atoms with Gasteiger partial charge in [0.15, 0.2) is 0 Å². The summed E-state index contributed by atoms with van der Waals surface area (Å²) in [6.07, 6.45) is 1.02. The van der Waals surface area contributed by atoms with Crippen LogP contribution in [-0.4, -0.2) is 54.3 Å². The molecule has 0 aliphatic carbocycles. The summed E-state index contributed by atoms with van der Waals surface area (Å²) in [7, 11) is 0. The lowest BCUT2D eigenvalue weighted by atomic mass is 10.1. The highest BCUT2D eigenvalue weighted by Crippen LogP contribution is 2.18. The minimum Gasteiger partial charge on any atom is -0.340 e. The van der Waals surface area contributed by atoms with Gasteiger partial charge in [-0.15, -0.1) is 0 Å². The number of carbonyl (C=O) groups is 2. The Hall–Kier alpha value is -2.73. The van der Waals surface area contributed by atoms with E-state index in [1.807, 2.05) is 36.9 Å². The van der Waals surface area contributed by atoms with E-state index in [0.717, 1.165) is 22.4 Å². The summed E-state index contributed by atoms with van der Waals surface area (Å²) >= 11 is 0. The highest BCUT2D eigenvalue weighted by Gasteiger charge is 2.22. The maximum atomic E-state index is 13.0. The summed E-state index contributed by atoms with van der Waals surface area (Å²) in [5, 5.41) is 2.99. The van der Waals surface area contributed by atoms with Gasteiger partial charge in [-0.25, -0.2) is 4.39 Å². The average Bonchev–Trinajstić information content (AvgIpc) is 2.71. The van der Waals surface area contributed by atoms with Crippen LogP contribution in [0.25, 0.3) is 0 Å². The van der Waals surface area contributed by atoms with Crippen LogP contribution in [0.3, 0.4) is 0 Å². The second kappa shape index (κ2) is 9.65. The maximum absolute atomic E-state index is 13.0. The number of halogens is 1. The van der Waals surface area contributed by atoms with Gasteiger partial charge in [-0.05, 0) is 55.2 Å². The first kappa shape index (κ1) is 21.0. The van der Waals surface area contributed by atoms with Crippen molar-refractivity contribution in [2.24, 2.45) is 0 Å². The molecule has 0 saturated carbocycles. The maximum Gasteiger partial charge on any atom is 0.238 e. The highest BCUT2D eigenvalue weighted by atomic mass is 19.1. The number of benzene rings is 2. The molecule has 154 valence electrons. The molecule has 0 aromatic heterocycles. The Kier molecular flexibility index (Phi) is 6.99. The molecular weight excluding hydrogens is 369 g/mol. The van der Waals surface area contributed by atoms with Crippen molar-refractivity contribution in [2.75, 3.05) is 38.0 Å². The molecule has 5 nitrogen and oxygen atoms in total. The highest BCUT2D eigenvalue weighted by molar-refractivity contribution is 5.93. The zero-order valence-electron chi connectivity index (χ0n) is 17.1. The Balaban J connectivity index is 1.41. The predicted molar refractivity (Wildman–Crippen MR) is 112 cm³/mol. The van der Waals surface area contributed by atoms with Crippen molar-refractivity contribution in [2.45, 2.75) is 26.7 Å². The van der Waals surface area contributed by atoms with Crippen LogP contribution < -0.4 is 5.32 Å². The minimum absolute atomic E-state index is 0.0326. The summed E-state index contributed by atoms with van der Waals surface area (Å²) in [6, 6.07) is 12.2. The van der Waals surface area contributed by atoms with Gasteiger partial charge in [0, 0.05) is 38.3 Å². The third-order valence-electron chi connectivity index (χ3n) is 5.51. The van der Waals surface area contributed by atoms with E-state index in [1.54, 1.807) is 12.1 Å². The molecule has 1 heterocycles. The number of hydrogen-bond acceptors (Lipinski definition) is 3. The second-order valence-electron chi connectivity index (χ2n) is 7.58. The van der Waals surface area contributed by atoms with Gasteiger partial charge >= 0.3 is 0 Å². The van der Waals surface area contributed by atoms with Crippen molar-refractivity contribution in [3.05, 3.63) is 65.0 Å². The molecule has 3 rings (SSSR count). The first-order valence-electron chi connectivity index (χ1n) is 10.0. The fourth-order valence-corrected chi connectivity index (χ4v) is 3.50. The monoisotopic (exact) mass is 397 g/mol. The van der Waals surface area contributed by atoms with Gasteiger partial charge in [0.1, 0.15) is 5.82 Å². The van der Waals surface area contributed by atoms with E-state index in [1.165, 1.54) is 12.1 Å². The van der Waals surface area contributed by atoms with Crippen molar-refractivity contribution < 1.29 is 14.0 Å². The fraction of sp³-hybridized carbons (Fsp3) is 0.391. The number of rotatable bonds is 6. The molecule has 2 aromatic rings. The quantitative estimate of drug-likeness (QED) is 0.815. The van der Waals surface area contributed by atoms with E-state index in [9.17, 15) is 14.0 Å². The Bertz CT molecular complexity index is 859. The summed E-state index contributed by atoms with van der Waals surface area (Å²) in [5.41, 5.74) is 4.04. The Labute approximate surface area is 171 Å². The van der Waals surface area contributed by atoms with Gasteiger partial charge in [-0.3, -0.25) is 14.5 Å².